The van der Waals surface area contributed by atoms with E-state index in [4.69, 9.17) is 9.47 Å². The molecule has 2 saturated heterocycles. The van der Waals surface area contributed by atoms with E-state index in [-0.39, 0.29) is 35.8 Å². The highest BCUT2D eigenvalue weighted by molar-refractivity contribution is 8.02. The van der Waals surface area contributed by atoms with Crippen molar-refractivity contribution in [1.82, 2.24) is 9.80 Å². The van der Waals surface area contributed by atoms with Gasteiger partial charge in [-0.1, -0.05) is 22.1 Å². The van der Waals surface area contributed by atoms with E-state index in [0.29, 0.717) is 37.5 Å². The molecule has 39 heavy (non-hydrogen) atoms. The van der Waals surface area contributed by atoms with Crippen molar-refractivity contribution in [3.63, 3.8) is 0 Å². The number of Topliss-reactive ketones (excluding diaryl/α,β-unsaturated/α-hetero) is 1. The Morgan fingerprint density at radius 1 is 1.13 bits per heavy atom. The maximum Gasteiger partial charge on any atom is 0.573 e. The molecule has 1 aromatic carbocycles. The van der Waals surface area contributed by atoms with Crippen molar-refractivity contribution in [1.29, 1.82) is 0 Å². The minimum Gasteiger partial charge on any atom is -0.406 e. The Morgan fingerprint density at radius 2 is 1.90 bits per heavy atom. The summed E-state index contributed by atoms with van der Waals surface area (Å²) in [4.78, 5) is 17.2. The van der Waals surface area contributed by atoms with Gasteiger partial charge in [-0.2, -0.15) is 0 Å². The predicted molar refractivity (Wildman–Crippen MR) is 143 cm³/mol. The van der Waals surface area contributed by atoms with Gasteiger partial charge in [0.15, 0.2) is 0 Å². The van der Waals surface area contributed by atoms with Gasteiger partial charge in [0.1, 0.15) is 24.2 Å². The maximum absolute atomic E-state index is 12.9. The van der Waals surface area contributed by atoms with Gasteiger partial charge < -0.3 is 14.2 Å². The molecule has 2 aliphatic heterocycles. The van der Waals surface area contributed by atoms with Crippen molar-refractivity contribution in [3.8, 4) is 5.75 Å². The fourth-order valence-electron chi connectivity index (χ4n) is 6.46. The molecule has 7 nitrogen and oxygen atoms in total. The number of hydrogen-bond acceptors (Lipinski definition) is 7. The van der Waals surface area contributed by atoms with Gasteiger partial charge in [-0.25, -0.2) is 0 Å². The number of carbonyl (C=O) groups is 1. The summed E-state index contributed by atoms with van der Waals surface area (Å²) in [6, 6.07) is 6.44. The lowest BCUT2D eigenvalue weighted by atomic mass is 9.82. The van der Waals surface area contributed by atoms with E-state index in [2.05, 4.69) is 14.5 Å². The molecule has 1 aromatic rings. The zero-order valence-corrected chi connectivity index (χ0v) is 23.5. The summed E-state index contributed by atoms with van der Waals surface area (Å²) in [7, 11) is -2.38. The number of rotatable bonds is 9. The molecule has 11 heteroatoms. The van der Waals surface area contributed by atoms with Crippen molar-refractivity contribution in [2.45, 2.75) is 81.8 Å². The van der Waals surface area contributed by atoms with E-state index in [1.165, 1.54) is 12.1 Å². The van der Waals surface area contributed by atoms with Crippen molar-refractivity contribution in [2.75, 3.05) is 44.5 Å². The molecule has 0 spiro atoms. The standard InChI is InChI=1S/C28H41F3N2O5S/c1-39(35)18-33(17-36-19-39)25-6-3-13-32(15-27(34)21-7-8-21)26(25)16-37-23-11-9-20(10-12-23)22-4-2-5-24(14-22)38-28(29,30)31/h2,4-5,14,20-21,23,25-26,39H,3,6-13,15-19H2,1H3/t20-,23+,25?,26-/m0/s1. The summed E-state index contributed by atoms with van der Waals surface area (Å²) in [5.41, 5.74) is 0.862. The monoisotopic (exact) mass is 574 g/mol. The number of likely N-dealkylation sites (tertiary alicyclic amines) is 1. The van der Waals surface area contributed by atoms with E-state index in [0.717, 1.165) is 63.5 Å². The van der Waals surface area contributed by atoms with Crippen LogP contribution in [0.5, 0.6) is 5.75 Å². The van der Waals surface area contributed by atoms with Crippen LogP contribution in [-0.4, -0.2) is 88.8 Å². The Hall–Kier alpha value is -1.53. The number of thiol groups is 1. The van der Waals surface area contributed by atoms with Crippen LogP contribution in [-0.2, 0) is 24.2 Å². The highest BCUT2D eigenvalue weighted by Gasteiger charge is 2.41. The zero-order chi connectivity index (χ0) is 27.6. The molecule has 2 heterocycles. The van der Waals surface area contributed by atoms with Gasteiger partial charge in [-0.05, 0) is 87.8 Å². The Morgan fingerprint density at radius 3 is 2.59 bits per heavy atom. The molecule has 0 radical (unpaired) electrons. The summed E-state index contributed by atoms with van der Waals surface area (Å²) in [6.07, 6.45) is 4.38. The van der Waals surface area contributed by atoms with Crippen LogP contribution in [0.2, 0.25) is 0 Å². The first kappa shape index (κ1) is 29.0. The molecule has 220 valence electrons. The van der Waals surface area contributed by atoms with Crippen molar-refractivity contribution < 1.29 is 36.4 Å². The second kappa shape index (κ2) is 12.1. The number of halogens is 3. The van der Waals surface area contributed by atoms with Crippen LogP contribution in [0.25, 0.3) is 0 Å². The number of nitrogens with zero attached hydrogens (tertiary/aromatic N) is 2. The van der Waals surface area contributed by atoms with E-state index < -0.39 is 16.3 Å². The van der Waals surface area contributed by atoms with Gasteiger partial charge in [0.05, 0.1) is 25.1 Å². The molecule has 0 bridgehead atoms. The third kappa shape index (κ3) is 8.03. The van der Waals surface area contributed by atoms with Gasteiger partial charge in [0.25, 0.3) is 0 Å². The minimum absolute atomic E-state index is 0.0251. The lowest BCUT2D eigenvalue weighted by Crippen LogP contribution is -2.61. The third-order valence-corrected chi connectivity index (χ3v) is 10.3. The number of ketones is 1. The van der Waals surface area contributed by atoms with Gasteiger partial charge in [-0.15, -0.1) is 13.2 Å². The predicted octanol–water partition coefficient (Wildman–Crippen LogP) is 4.29. The SMILES string of the molecule is C[SH]1(=O)COCN(C2CCCN(CC(=O)C3CC3)[C@H]2CO[C@H]2CC[C@@H](c3cccc(OC(F)(F)F)c3)CC2)C1. The number of hydrogen-bond donors (Lipinski definition) is 1. The summed E-state index contributed by atoms with van der Waals surface area (Å²) >= 11 is 0. The number of benzene rings is 1. The Balaban J connectivity index is 1.20. The quantitative estimate of drug-likeness (QED) is 0.442. The number of carbonyl (C=O) groups excluding carboxylic acids is 1. The molecule has 0 N–H and O–H groups in total. The maximum atomic E-state index is 12.9. The van der Waals surface area contributed by atoms with E-state index >= 15 is 0 Å². The summed E-state index contributed by atoms with van der Waals surface area (Å²) in [6.45, 7) is 2.24. The molecular formula is C28H41F3N2O5S. The van der Waals surface area contributed by atoms with Crippen LogP contribution in [0, 0.1) is 5.92 Å². The van der Waals surface area contributed by atoms with Crippen LogP contribution < -0.4 is 4.74 Å². The highest BCUT2D eigenvalue weighted by Crippen LogP contribution is 2.37. The molecular weight excluding hydrogens is 533 g/mol. The Labute approximate surface area is 229 Å². The van der Waals surface area contributed by atoms with E-state index in [1.807, 2.05) is 6.07 Å². The Kier molecular flexibility index (Phi) is 9.02. The van der Waals surface area contributed by atoms with Gasteiger partial charge in [-0.3, -0.25) is 18.8 Å². The van der Waals surface area contributed by atoms with E-state index in [1.54, 1.807) is 12.3 Å². The fourth-order valence-corrected chi connectivity index (χ4v) is 8.07. The lowest BCUT2D eigenvalue weighted by molar-refractivity contribution is -0.274. The molecule has 4 fully saturated rings. The molecule has 2 saturated carbocycles. The number of alkyl halides is 3. The molecule has 0 amide bonds. The van der Waals surface area contributed by atoms with Crippen molar-refractivity contribution in [2.24, 2.45) is 5.92 Å². The van der Waals surface area contributed by atoms with Crippen LogP contribution >= 0.6 is 0 Å². The molecule has 2 aliphatic carbocycles. The van der Waals surface area contributed by atoms with Gasteiger partial charge >= 0.3 is 6.36 Å². The van der Waals surface area contributed by atoms with Crippen LogP contribution in [0.4, 0.5) is 13.2 Å². The van der Waals surface area contributed by atoms with E-state index in [9.17, 15) is 22.2 Å². The molecule has 4 aliphatic rings. The summed E-state index contributed by atoms with van der Waals surface area (Å²) in [5, 5.41) is 0. The first-order valence-electron chi connectivity index (χ1n) is 14.2. The molecule has 1 unspecified atom stereocenters. The van der Waals surface area contributed by atoms with Crippen LogP contribution in [0.3, 0.4) is 0 Å². The summed E-state index contributed by atoms with van der Waals surface area (Å²) in [5.74, 6) is 1.35. The average Bonchev–Trinajstić information content (AvgIpc) is 3.73. The molecule has 2 atom stereocenters. The minimum atomic E-state index is -4.70. The smallest absolute Gasteiger partial charge is 0.406 e. The number of piperidine rings is 1. The van der Waals surface area contributed by atoms with Crippen LogP contribution in [0.15, 0.2) is 24.3 Å². The molecule has 5 rings (SSSR count). The van der Waals surface area contributed by atoms with Crippen molar-refractivity contribution >= 4 is 15.7 Å². The van der Waals surface area contributed by atoms with Crippen molar-refractivity contribution in [3.05, 3.63) is 29.8 Å². The van der Waals surface area contributed by atoms with Gasteiger partial charge in [0.2, 0.25) is 0 Å². The fraction of sp³-hybridized carbons (Fsp3) is 0.750. The number of ether oxygens (including phenoxy) is 3. The first-order valence-corrected chi connectivity index (χ1v) is 16.7. The zero-order valence-electron chi connectivity index (χ0n) is 22.6. The topological polar surface area (TPSA) is 68.3 Å². The third-order valence-electron chi connectivity index (χ3n) is 8.56. The first-order chi connectivity index (χ1) is 18.6. The molecule has 0 aromatic heterocycles. The Bertz CT molecular complexity index is 1040. The van der Waals surface area contributed by atoms with Crippen LogP contribution in [0.1, 0.15) is 62.8 Å². The highest BCUT2D eigenvalue weighted by atomic mass is 32.2. The normalized spacial score (nSPS) is 31.5. The second-order valence-corrected chi connectivity index (χ2v) is 15.0. The largest absolute Gasteiger partial charge is 0.573 e. The second-order valence-electron chi connectivity index (χ2n) is 11.9. The average molecular weight is 575 g/mol. The summed E-state index contributed by atoms with van der Waals surface area (Å²) < 4.78 is 67.1. The van der Waals surface area contributed by atoms with Gasteiger partial charge in [0, 0.05) is 18.0 Å². The lowest BCUT2D eigenvalue weighted by Gasteiger charge is -2.48.